The molecule has 0 saturated carbocycles. The third-order valence-corrected chi connectivity index (χ3v) is 3.88. The lowest BCUT2D eigenvalue weighted by Gasteiger charge is -2.38. The minimum Gasteiger partial charge on any atom is -0.396 e. The van der Waals surface area contributed by atoms with E-state index in [9.17, 15) is 14.8 Å². The zero-order valence-electron chi connectivity index (χ0n) is 12.7. The Balaban J connectivity index is 2.72. The van der Waals surface area contributed by atoms with E-state index in [1.54, 1.807) is 4.90 Å². The maximum atomic E-state index is 12.7. The summed E-state index contributed by atoms with van der Waals surface area (Å²) in [4.78, 5) is 25.1. The first kappa shape index (κ1) is 17.9. The largest absolute Gasteiger partial charge is 0.396 e. The van der Waals surface area contributed by atoms with E-state index in [-0.39, 0.29) is 31.0 Å². The average molecular weight is 301 g/mol. The van der Waals surface area contributed by atoms with Crippen molar-refractivity contribution in [2.45, 2.75) is 38.6 Å². The number of amides is 2. The Bertz CT molecular complexity index is 325. The van der Waals surface area contributed by atoms with Gasteiger partial charge < -0.3 is 15.3 Å². The summed E-state index contributed by atoms with van der Waals surface area (Å²) in [6, 6.07) is -0.0243. The summed E-state index contributed by atoms with van der Waals surface area (Å²) in [5.41, 5.74) is 0. The SMILES string of the molecule is CCCCC(CN(O)C=O)C(=O)N1CCNCC1CCO. The highest BCUT2D eigenvalue weighted by molar-refractivity contribution is 5.79. The Hall–Kier alpha value is -1.18. The van der Waals surface area contributed by atoms with Crippen molar-refractivity contribution in [2.24, 2.45) is 5.92 Å². The quantitative estimate of drug-likeness (QED) is 0.312. The smallest absolute Gasteiger partial charge is 0.233 e. The molecule has 7 heteroatoms. The topological polar surface area (TPSA) is 93.1 Å². The number of aliphatic hydroxyl groups excluding tert-OH is 1. The molecule has 0 aliphatic carbocycles. The third-order valence-electron chi connectivity index (χ3n) is 3.88. The summed E-state index contributed by atoms with van der Waals surface area (Å²) in [5.74, 6) is -0.427. The summed E-state index contributed by atoms with van der Waals surface area (Å²) in [7, 11) is 0. The van der Waals surface area contributed by atoms with Crippen molar-refractivity contribution in [1.29, 1.82) is 0 Å². The van der Waals surface area contributed by atoms with Gasteiger partial charge in [0.15, 0.2) is 0 Å². The van der Waals surface area contributed by atoms with E-state index in [4.69, 9.17) is 5.11 Å². The van der Waals surface area contributed by atoms with Gasteiger partial charge in [0.05, 0.1) is 12.5 Å². The summed E-state index contributed by atoms with van der Waals surface area (Å²) in [6.07, 6.45) is 3.35. The zero-order valence-corrected chi connectivity index (χ0v) is 12.7. The fourth-order valence-corrected chi connectivity index (χ4v) is 2.70. The molecule has 0 spiro atoms. The Morgan fingerprint density at radius 2 is 2.33 bits per heavy atom. The second-order valence-electron chi connectivity index (χ2n) is 5.47. The molecule has 1 saturated heterocycles. The van der Waals surface area contributed by atoms with Gasteiger partial charge in [0.2, 0.25) is 12.3 Å². The first-order chi connectivity index (χ1) is 10.1. The van der Waals surface area contributed by atoms with E-state index in [0.29, 0.717) is 37.4 Å². The number of hydroxylamine groups is 2. The Labute approximate surface area is 125 Å². The molecular formula is C14H27N3O4. The van der Waals surface area contributed by atoms with Crippen molar-refractivity contribution >= 4 is 12.3 Å². The van der Waals surface area contributed by atoms with Crippen LogP contribution in [0, 0.1) is 5.92 Å². The Morgan fingerprint density at radius 1 is 1.57 bits per heavy atom. The number of nitrogens with zero attached hydrogens (tertiary/aromatic N) is 2. The van der Waals surface area contributed by atoms with Crippen LogP contribution in [0.15, 0.2) is 0 Å². The number of nitrogens with one attached hydrogen (secondary N) is 1. The fraction of sp³-hybridized carbons (Fsp3) is 0.857. The maximum absolute atomic E-state index is 12.7. The lowest BCUT2D eigenvalue weighted by Crippen LogP contribution is -2.56. The Morgan fingerprint density at radius 3 is 2.95 bits per heavy atom. The number of aliphatic hydroxyl groups is 1. The molecule has 1 rings (SSSR count). The van der Waals surface area contributed by atoms with Gasteiger partial charge in [0, 0.05) is 32.3 Å². The van der Waals surface area contributed by atoms with Gasteiger partial charge in [-0.3, -0.25) is 14.8 Å². The summed E-state index contributed by atoms with van der Waals surface area (Å²) in [5, 5.41) is 22.3. The van der Waals surface area contributed by atoms with Crippen molar-refractivity contribution in [2.75, 3.05) is 32.8 Å². The van der Waals surface area contributed by atoms with Crippen LogP contribution in [0.3, 0.4) is 0 Å². The number of carbonyl (C=O) groups is 2. The Kier molecular flexibility index (Phi) is 8.26. The molecule has 0 aromatic rings. The summed E-state index contributed by atoms with van der Waals surface area (Å²) >= 11 is 0. The molecule has 7 nitrogen and oxygen atoms in total. The van der Waals surface area contributed by atoms with Gasteiger partial charge in [0.1, 0.15) is 0 Å². The second-order valence-corrected chi connectivity index (χ2v) is 5.47. The van der Waals surface area contributed by atoms with Crippen molar-refractivity contribution in [1.82, 2.24) is 15.3 Å². The minimum atomic E-state index is -0.389. The summed E-state index contributed by atoms with van der Waals surface area (Å²) < 4.78 is 0. The number of piperazine rings is 1. The van der Waals surface area contributed by atoms with Crippen LogP contribution in [0.4, 0.5) is 0 Å². The van der Waals surface area contributed by atoms with Gasteiger partial charge in [0.25, 0.3) is 0 Å². The first-order valence-electron chi connectivity index (χ1n) is 7.66. The lowest BCUT2D eigenvalue weighted by molar-refractivity contribution is -0.158. The molecule has 1 heterocycles. The molecule has 2 amide bonds. The minimum absolute atomic E-state index is 0.0243. The highest BCUT2D eigenvalue weighted by Crippen LogP contribution is 2.17. The van der Waals surface area contributed by atoms with Crippen molar-refractivity contribution in [3.8, 4) is 0 Å². The van der Waals surface area contributed by atoms with E-state index in [0.717, 1.165) is 19.4 Å². The van der Waals surface area contributed by atoms with Crippen molar-refractivity contribution in [3.05, 3.63) is 0 Å². The fourth-order valence-electron chi connectivity index (χ4n) is 2.70. The molecule has 1 aliphatic heterocycles. The van der Waals surface area contributed by atoms with Crippen molar-refractivity contribution in [3.63, 3.8) is 0 Å². The highest BCUT2D eigenvalue weighted by atomic mass is 16.5. The molecule has 3 N–H and O–H groups in total. The third kappa shape index (κ3) is 5.61. The van der Waals surface area contributed by atoms with E-state index in [2.05, 4.69) is 5.32 Å². The number of unbranched alkanes of at least 4 members (excludes halogenated alkanes) is 1. The molecule has 0 radical (unpaired) electrons. The van der Waals surface area contributed by atoms with Crippen LogP contribution in [0.2, 0.25) is 0 Å². The molecule has 122 valence electrons. The van der Waals surface area contributed by atoms with Gasteiger partial charge in [-0.15, -0.1) is 0 Å². The van der Waals surface area contributed by atoms with Gasteiger partial charge >= 0.3 is 0 Å². The van der Waals surface area contributed by atoms with Crippen LogP contribution < -0.4 is 5.32 Å². The lowest BCUT2D eigenvalue weighted by atomic mass is 9.98. The zero-order chi connectivity index (χ0) is 15.7. The predicted octanol–water partition coefficient (Wildman–Crippen LogP) is -0.177. The van der Waals surface area contributed by atoms with Gasteiger partial charge in [-0.05, 0) is 12.8 Å². The normalized spacial score (nSPS) is 20.1. The van der Waals surface area contributed by atoms with Gasteiger partial charge in [-0.25, -0.2) is 5.06 Å². The average Bonchev–Trinajstić information content (AvgIpc) is 2.51. The van der Waals surface area contributed by atoms with Crippen LogP contribution >= 0.6 is 0 Å². The van der Waals surface area contributed by atoms with E-state index >= 15 is 0 Å². The molecule has 2 unspecified atom stereocenters. The highest BCUT2D eigenvalue weighted by Gasteiger charge is 2.31. The molecule has 21 heavy (non-hydrogen) atoms. The number of carbonyl (C=O) groups excluding carboxylic acids is 2. The molecule has 0 aromatic heterocycles. The first-order valence-corrected chi connectivity index (χ1v) is 7.66. The molecule has 1 fully saturated rings. The van der Waals surface area contributed by atoms with Crippen LogP contribution in [-0.2, 0) is 9.59 Å². The van der Waals surface area contributed by atoms with Crippen LogP contribution in [-0.4, -0.2) is 71.4 Å². The standard InChI is InChI=1S/C14H27N3O4/c1-2-3-4-12(10-16(21)11-19)14(20)17-7-6-15-9-13(17)5-8-18/h11-13,15,18,21H,2-10H2,1H3. The molecular weight excluding hydrogens is 274 g/mol. The van der Waals surface area contributed by atoms with E-state index in [1.165, 1.54) is 0 Å². The van der Waals surface area contributed by atoms with Crippen LogP contribution in [0.5, 0.6) is 0 Å². The summed E-state index contributed by atoms with van der Waals surface area (Å²) in [6.45, 7) is 4.10. The molecule has 1 aliphatic rings. The second kappa shape index (κ2) is 9.70. The van der Waals surface area contributed by atoms with E-state index in [1.807, 2.05) is 6.92 Å². The number of hydrogen-bond donors (Lipinski definition) is 3. The van der Waals surface area contributed by atoms with E-state index < -0.39 is 0 Å². The molecule has 0 bridgehead atoms. The van der Waals surface area contributed by atoms with Gasteiger partial charge in [-0.1, -0.05) is 19.8 Å². The number of rotatable bonds is 9. The number of hydrogen-bond acceptors (Lipinski definition) is 5. The predicted molar refractivity (Wildman–Crippen MR) is 77.6 cm³/mol. The van der Waals surface area contributed by atoms with Gasteiger partial charge in [-0.2, -0.15) is 0 Å². The maximum Gasteiger partial charge on any atom is 0.233 e. The molecule has 0 aromatic carbocycles. The van der Waals surface area contributed by atoms with Crippen LogP contribution in [0.1, 0.15) is 32.6 Å². The van der Waals surface area contributed by atoms with Crippen molar-refractivity contribution < 1.29 is 19.9 Å². The van der Waals surface area contributed by atoms with Crippen LogP contribution in [0.25, 0.3) is 0 Å². The monoisotopic (exact) mass is 301 g/mol. The molecule has 2 atom stereocenters.